The number of rotatable bonds is 5. The van der Waals surface area contributed by atoms with Crippen molar-refractivity contribution in [2.45, 2.75) is 25.7 Å². The zero-order chi connectivity index (χ0) is 21.3. The molecular formula is C25H28N2O4. The lowest BCUT2D eigenvalue weighted by atomic mass is 10.1. The van der Waals surface area contributed by atoms with Gasteiger partial charge < -0.3 is 18.9 Å². The minimum atomic E-state index is 0.551. The lowest BCUT2D eigenvalue weighted by Gasteiger charge is -2.15. The Morgan fingerprint density at radius 1 is 0.968 bits per heavy atom. The maximum Gasteiger partial charge on any atom is 0.163 e. The molecule has 6 nitrogen and oxygen atoms in total. The highest BCUT2D eigenvalue weighted by molar-refractivity contribution is 5.94. The third-order valence-electron chi connectivity index (χ3n) is 5.05. The second-order valence-corrected chi connectivity index (χ2v) is 7.36. The number of nitrogens with zero attached hydrogens (tertiary/aromatic N) is 2. The van der Waals surface area contributed by atoms with Crippen molar-refractivity contribution in [2.24, 2.45) is 0 Å². The van der Waals surface area contributed by atoms with Crippen LogP contribution in [0, 0.1) is 0 Å². The summed E-state index contributed by atoms with van der Waals surface area (Å²) in [5.41, 5.74) is 2.64. The molecule has 1 aromatic heterocycles. The number of benzene rings is 2. The first-order chi connectivity index (χ1) is 15.3. The number of hydrogen-bond donors (Lipinski definition) is 0. The predicted octanol–water partition coefficient (Wildman–Crippen LogP) is 5.21. The molecule has 31 heavy (non-hydrogen) atoms. The standard InChI is InChI=1S/C25H28N2O4/c1-28-11-8-14-31-24-17-22-21-16-23(24)30-13-6-4-2-3-5-12-29-20-10-7-9-19(15-20)25(21)27-18-26-22/h2-3,7,9-10,15-18H,4-6,8,11-14H2,1H3/b3-2+. The fraction of sp³-hybridized carbons (Fsp3) is 0.360. The van der Waals surface area contributed by atoms with Crippen molar-refractivity contribution in [3.8, 4) is 28.5 Å². The van der Waals surface area contributed by atoms with Crippen LogP contribution in [0.3, 0.4) is 0 Å². The fourth-order valence-electron chi connectivity index (χ4n) is 3.50. The maximum absolute atomic E-state index is 6.14. The van der Waals surface area contributed by atoms with Gasteiger partial charge in [-0.25, -0.2) is 9.97 Å². The summed E-state index contributed by atoms with van der Waals surface area (Å²) in [6.45, 7) is 2.46. The molecule has 1 aliphatic rings. The molecule has 0 radical (unpaired) electrons. The van der Waals surface area contributed by atoms with Gasteiger partial charge in [0, 0.05) is 37.2 Å². The van der Waals surface area contributed by atoms with Gasteiger partial charge in [-0.2, -0.15) is 0 Å². The Kier molecular flexibility index (Phi) is 7.34. The minimum Gasteiger partial charge on any atom is -0.493 e. The summed E-state index contributed by atoms with van der Waals surface area (Å²) >= 11 is 0. The van der Waals surface area contributed by atoms with Crippen molar-refractivity contribution < 1.29 is 18.9 Å². The summed E-state index contributed by atoms with van der Waals surface area (Å²) in [6.07, 6.45) is 9.50. The SMILES string of the molecule is COCCCOc1cc2ncnc3c2cc1OCCC/C=C/CCOc1cccc-3c1. The quantitative estimate of drug-likeness (QED) is 0.417. The van der Waals surface area contributed by atoms with Gasteiger partial charge in [-0.3, -0.25) is 0 Å². The van der Waals surface area contributed by atoms with E-state index in [4.69, 9.17) is 18.9 Å². The smallest absolute Gasteiger partial charge is 0.163 e. The molecular weight excluding hydrogens is 392 g/mol. The minimum absolute atomic E-state index is 0.551. The van der Waals surface area contributed by atoms with E-state index in [1.54, 1.807) is 13.4 Å². The van der Waals surface area contributed by atoms with Crippen LogP contribution in [0.5, 0.6) is 17.2 Å². The highest BCUT2D eigenvalue weighted by Crippen LogP contribution is 2.36. The van der Waals surface area contributed by atoms with Crippen molar-refractivity contribution in [2.75, 3.05) is 33.5 Å². The summed E-state index contributed by atoms with van der Waals surface area (Å²) in [5, 5.41) is 0.922. The molecule has 0 unspecified atom stereocenters. The molecule has 0 N–H and O–H groups in total. The van der Waals surface area contributed by atoms with Gasteiger partial charge >= 0.3 is 0 Å². The third kappa shape index (κ3) is 5.52. The van der Waals surface area contributed by atoms with Crippen LogP contribution >= 0.6 is 0 Å². The van der Waals surface area contributed by atoms with Crippen molar-refractivity contribution in [1.29, 1.82) is 0 Å². The van der Waals surface area contributed by atoms with E-state index in [0.717, 1.165) is 53.6 Å². The highest BCUT2D eigenvalue weighted by atomic mass is 16.5. The lowest BCUT2D eigenvalue weighted by molar-refractivity contribution is 0.170. The lowest BCUT2D eigenvalue weighted by Crippen LogP contribution is -2.05. The van der Waals surface area contributed by atoms with Crippen LogP contribution in [0.2, 0.25) is 0 Å². The van der Waals surface area contributed by atoms with Crippen molar-refractivity contribution >= 4 is 10.9 Å². The first-order valence-electron chi connectivity index (χ1n) is 10.8. The van der Waals surface area contributed by atoms with Gasteiger partial charge in [-0.15, -0.1) is 0 Å². The van der Waals surface area contributed by atoms with E-state index in [1.165, 1.54) is 0 Å². The molecule has 6 heteroatoms. The van der Waals surface area contributed by atoms with E-state index >= 15 is 0 Å². The van der Waals surface area contributed by atoms with Crippen LogP contribution in [0.4, 0.5) is 0 Å². The van der Waals surface area contributed by atoms with Crippen LogP contribution in [-0.2, 0) is 4.74 Å². The van der Waals surface area contributed by atoms with Gasteiger partial charge in [0.2, 0.25) is 0 Å². The Morgan fingerprint density at radius 3 is 2.84 bits per heavy atom. The zero-order valence-corrected chi connectivity index (χ0v) is 17.9. The molecule has 0 saturated carbocycles. The van der Waals surface area contributed by atoms with Gasteiger partial charge in [0.15, 0.2) is 11.5 Å². The monoisotopic (exact) mass is 420 g/mol. The predicted molar refractivity (Wildman–Crippen MR) is 121 cm³/mol. The average molecular weight is 421 g/mol. The molecule has 0 atom stereocenters. The Labute approximate surface area is 182 Å². The molecule has 0 spiro atoms. The summed E-state index contributed by atoms with van der Waals surface area (Å²) < 4.78 is 23.2. The van der Waals surface area contributed by atoms with Crippen LogP contribution in [0.1, 0.15) is 25.7 Å². The second-order valence-electron chi connectivity index (χ2n) is 7.36. The number of aromatic nitrogens is 2. The molecule has 162 valence electrons. The van der Waals surface area contributed by atoms with Crippen molar-refractivity contribution in [1.82, 2.24) is 9.97 Å². The molecule has 2 heterocycles. The van der Waals surface area contributed by atoms with Crippen LogP contribution in [0.25, 0.3) is 22.2 Å². The molecule has 1 aliphatic heterocycles. The molecule has 0 saturated heterocycles. The third-order valence-corrected chi connectivity index (χ3v) is 5.05. The molecule has 0 amide bonds. The van der Waals surface area contributed by atoms with Gasteiger partial charge in [0.25, 0.3) is 0 Å². The summed E-state index contributed by atoms with van der Waals surface area (Å²) in [7, 11) is 1.69. The number of allylic oxidation sites excluding steroid dienone is 1. The molecule has 4 bridgehead atoms. The van der Waals surface area contributed by atoms with E-state index in [2.05, 4.69) is 22.1 Å². The first kappa shape index (κ1) is 21.1. The largest absolute Gasteiger partial charge is 0.493 e. The zero-order valence-electron chi connectivity index (χ0n) is 17.9. The van der Waals surface area contributed by atoms with Gasteiger partial charge in [-0.05, 0) is 37.5 Å². The summed E-state index contributed by atoms with van der Waals surface area (Å²) in [4.78, 5) is 9.05. The van der Waals surface area contributed by atoms with E-state index in [9.17, 15) is 0 Å². The normalized spacial score (nSPS) is 15.3. The van der Waals surface area contributed by atoms with Gasteiger partial charge in [0.05, 0.1) is 31.0 Å². The Morgan fingerprint density at radius 2 is 1.90 bits per heavy atom. The topological polar surface area (TPSA) is 62.7 Å². The Hall–Kier alpha value is -3.12. The van der Waals surface area contributed by atoms with Crippen molar-refractivity contribution in [3.05, 3.63) is 54.9 Å². The number of hydrogen-bond acceptors (Lipinski definition) is 6. The van der Waals surface area contributed by atoms with Crippen LogP contribution in [-0.4, -0.2) is 43.5 Å². The van der Waals surface area contributed by atoms with Crippen LogP contribution < -0.4 is 14.2 Å². The molecule has 4 rings (SSSR count). The first-order valence-corrected chi connectivity index (χ1v) is 10.8. The number of ether oxygens (including phenoxy) is 4. The Bertz CT molecular complexity index is 1040. The average Bonchev–Trinajstić information content (AvgIpc) is 2.80. The van der Waals surface area contributed by atoms with E-state index in [1.807, 2.05) is 36.4 Å². The molecule has 3 aromatic rings. The Balaban J connectivity index is 1.74. The van der Waals surface area contributed by atoms with E-state index in [0.29, 0.717) is 37.9 Å². The molecule has 0 aliphatic carbocycles. The summed E-state index contributed by atoms with van der Waals surface area (Å²) in [5.74, 6) is 2.24. The molecule has 0 fully saturated rings. The van der Waals surface area contributed by atoms with Crippen molar-refractivity contribution in [3.63, 3.8) is 0 Å². The number of fused-ring (bicyclic) bond motifs is 4. The summed E-state index contributed by atoms with van der Waals surface area (Å²) in [6, 6.07) is 11.9. The second kappa shape index (κ2) is 10.8. The van der Waals surface area contributed by atoms with Gasteiger partial charge in [0.1, 0.15) is 12.1 Å². The van der Waals surface area contributed by atoms with Gasteiger partial charge in [-0.1, -0.05) is 24.3 Å². The number of methoxy groups -OCH3 is 1. The van der Waals surface area contributed by atoms with E-state index in [-0.39, 0.29) is 0 Å². The maximum atomic E-state index is 6.14. The van der Waals surface area contributed by atoms with E-state index < -0.39 is 0 Å². The molecule has 2 aromatic carbocycles. The highest BCUT2D eigenvalue weighted by Gasteiger charge is 2.14. The van der Waals surface area contributed by atoms with Crippen LogP contribution in [0.15, 0.2) is 54.9 Å². The fourth-order valence-corrected chi connectivity index (χ4v) is 3.50.